The van der Waals surface area contributed by atoms with Gasteiger partial charge in [-0.3, -0.25) is 14.4 Å². The van der Waals surface area contributed by atoms with Crippen LogP contribution in [0, 0.1) is 0 Å². The van der Waals surface area contributed by atoms with Gasteiger partial charge < -0.3 is 10.1 Å². The van der Waals surface area contributed by atoms with Crippen molar-refractivity contribution >= 4 is 17.6 Å². The van der Waals surface area contributed by atoms with E-state index in [2.05, 4.69) is 15.5 Å². The molecule has 0 fully saturated rings. The van der Waals surface area contributed by atoms with Crippen LogP contribution in [0.15, 0.2) is 41.2 Å². The van der Waals surface area contributed by atoms with Crippen molar-refractivity contribution in [1.29, 1.82) is 0 Å². The molecular formula is C16H17N3O4. The van der Waals surface area contributed by atoms with Crippen LogP contribution < -0.4 is 10.9 Å². The van der Waals surface area contributed by atoms with Crippen LogP contribution in [0.3, 0.4) is 0 Å². The quantitative estimate of drug-likeness (QED) is 0.624. The van der Waals surface area contributed by atoms with E-state index < -0.39 is 0 Å². The number of hydrogen-bond acceptors (Lipinski definition) is 5. The van der Waals surface area contributed by atoms with Crippen molar-refractivity contribution < 1.29 is 14.3 Å². The Hall–Kier alpha value is -2.96. The van der Waals surface area contributed by atoms with Crippen molar-refractivity contribution in [2.24, 2.45) is 0 Å². The summed E-state index contributed by atoms with van der Waals surface area (Å²) in [5, 5.41) is 9.07. The lowest BCUT2D eigenvalue weighted by Gasteiger charge is -2.06. The standard InChI is InChI=1S/C16H17N3O4/c1-11(20)23-10-2-3-15(21)17-13-6-4-12(5-7-13)14-8-9-16(22)19-18-14/h4-9H,2-3,10H2,1H3,(H,17,21)(H,19,22). The smallest absolute Gasteiger partial charge is 0.302 e. The lowest BCUT2D eigenvalue weighted by Crippen LogP contribution is -2.12. The highest BCUT2D eigenvalue weighted by Gasteiger charge is 2.04. The van der Waals surface area contributed by atoms with Gasteiger partial charge in [0.15, 0.2) is 0 Å². The number of amides is 1. The Kier molecular flexibility index (Phi) is 5.62. The van der Waals surface area contributed by atoms with Gasteiger partial charge in [0, 0.05) is 30.7 Å². The van der Waals surface area contributed by atoms with Crippen molar-refractivity contribution in [1.82, 2.24) is 10.2 Å². The summed E-state index contributed by atoms with van der Waals surface area (Å²) in [6.45, 7) is 1.57. The number of carbonyl (C=O) groups is 2. The first kappa shape index (κ1) is 16.4. The summed E-state index contributed by atoms with van der Waals surface area (Å²) in [7, 11) is 0. The number of nitrogens with zero attached hydrogens (tertiary/aromatic N) is 1. The molecule has 0 saturated heterocycles. The Labute approximate surface area is 132 Å². The van der Waals surface area contributed by atoms with Gasteiger partial charge in [0.05, 0.1) is 12.3 Å². The van der Waals surface area contributed by atoms with E-state index in [1.165, 1.54) is 13.0 Å². The third-order valence-electron chi connectivity index (χ3n) is 3.00. The van der Waals surface area contributed by atoms with Gasteiger partial charge in [-0.15, -0.1) is 0 Å². The number of rotatable bonds is 6. The summed E-state index contributed by atoms with van der Waals surface area (Å²) in [5.74, 6) is -0.496. The molecule has 0 unspecified atom stereocenters. The molecule has 1 aromatic heterocycles. The van der Waals surface area contributed by atoms with Crippen LogP contribution in [0.2, 0.25) is 0 Å². The zero-order chi connectivity index (χ0) is 16.7. The van der Waals surface area contributed by atoms with E-state index in [-0.39, 0.29) is 30.5 Å². The Morgan fingerprint density at radius 1 is 1.17 bits per heavy atom. The predicted octanol–water partition coefficient (Wildman–Crippen LogP) is 1.72. The maximum Gasteiger partial charge on any atom is 0.302 e. The van der Waals surface area contributed by atoms with E-state index in [1.54, 1.807) is 30.3 Å². The van der Waals surface area contributed by atoms with Gasteiger partial charge in [-0.2, -0.15) is 5.10 Å². The maximum absolute atomic E-state index is 11.7. The first-order valence-electron chi connectivity index (χ1n) is 7.14. The summed E-state index contributed by atoms with van der Waals surface area (Å²) in [6.07, 6.45) is 0.751. The van der Waals surface area contributed by atoms with Gasteiger partial charge in [-0.05, 0) is 24.6 Å². The number of aromatic nitrogens is 2. The molecule has 7 heteroatoms. The zero-order valence-electron chi connectivity index (χ0n) is 12.7. The molecule has 0 aliphatic rings. The number of benzene rings is 1. The largest absolute Gasteiger partial charge is 0.466 e. The van der Waals surface area contributed by atoms with Crippen LogP contribution in [0.5, 0.6) is 0 Å². The number of carbonyl (C=O) groups excluding carboxylic acids is 2. The minimum Gasteiger partial charge on any atom is -0.466 e. The van der Waals surface area contributed by atoms with Gasteiger partial charge in [0.1, 0.15) is 0 Å². The number of nitrogens with one attached hydrogen (secondary N) is 2. The van der Waals surface area contributed by atoms with Crippen molar-refractivity contribution in [3.8, 4) is 11.3 Å². The normalized spacial score (nSPS) is 10.1. The zero-order valence-corrected chi connectivity index (χ0v) is 12.7. The predicted molar refractivity (Wildman–Crippen MR) is 84.8 cm³/mol. The first-order valence-corrected chi connectivity index (χ1v) is 7.14. The molecule has 0 radical (unpaired) electrons. The van der Waals surface area contributed by atoms with E-state index in [9.17, 15) is 14.4 Å². The van der Waals surface area contributed by atoms with Crippen LogP contribution >= 0.6 is 0 Å². The number of ether oxygens (including phenoxy) is 1. The van der Waals surface area contributed by atoms with Crippen LogP contribution in [0.1, 0.15) is 19.8 Å². The maximum atomic E-state index is 11.7. The van der Waals surface area contributed by atoms with Crippen LogP contribution in [0.25, 0.3) is 11.3 Å². The fraction of sp³-hybridized carbons (Fsp3) is 0.250. The van der Waals surface area contributed by atoms with Crippen molar-refractivity contribution in [2.75, 3.05) is 11.9 Å². The number of esters is 1. The molecule has 0 aliphatic heterocycles. The van der Waals surface area contributed by atoms with Gasteiger partial charge in [-0.1, -0.05) is 12.1 Å². The monoisotopic (exact) mass is 315 g/mol. The molecule has 120 valence electrons. The molecule has 0 atom stereocenters. The van der Waals surface area contributed by atoms with Crippen LogP contribution in [-0.4, -0.2) is 28.7 Å². The summed E-state index contributed by atoms with van der Waals surface area (Å²) >= 11 is 0. The first-order chi connectivity index (χ1) is 11.0. The van der Waals surface area contributed by atoms with E-state index in [1.807, 2.05) is 0 Å². The van der Waals surface area contributed by atoms with E-state index >= 15 is 0 Å². The Balaban J connectivity index is 1.87. The molecule has 0 bridgehead atoms. The van der Waals surface area contributed by atoms with E-state index in [4.69, 9.17) is 4.74 Å². The molecule has 7 nitrogen and oxygen atoms in total. The number of anilines is 1. The molecule has 1 heterocycles. The van der Waals surface area contributed by atoms with Gasteiger partial charge in [0.25, 0.3) is 5.56 Å². The fourth-order valence-corrected chi connectivity index (χ4v) is 1.90. The van der Waals surface area contributed by atoms with E-state index in [0.717, 1.165) is 5.56 Å². The van der Waals surface area contributed by atoms with Gasteiger partial charge in [-0.25, -0.2) is 5.10 Å². The second-order valence-electron chi connectivity index (χ2n) is 4.88. The number of hydrogen-bond donors (Lipinski definition) is 2. The molecule has 1 amide bonds. The highest BCUT2D eigenvalue weighted by Crippen LogP contribution is 2.18. The minimum atomic E-state index is -0.350. The lowest BCUT2D eigenvalue weighted by molar-refractivity contribution is -0.141. The minimum absolute atomic E-state index is 0.146. The van der Waals surface area contributed by atoms with Gasteiger partial charge >= 0.3 is 5.97 Å². The summed E-state index contributed by atoms with van der Waals surface area (Å²) in [5.41, 5.74) is 1.88. The Morgan fingerprint density at radius 3 is 2.52 bits per heavy atom. The highest BCUT2D eigenvalue weighted by molar-refractivity contribution is 5.90. The molecule has 0 aliphatic carbocycles. The molecule has 23 heavy (non-hydrogen) atoms. The SMILES string of the molecule is CC(=O)OCCCC(=O)Nc1ccc(-c2ccc(=O)[nH]n2)cc1. The van der Waals surface area contributed by atoms with Crippen molar-refractivity contribution in [2.45, 2.75) is 19.8 Å². The second kappa shape index (κ2) is 7.88. The third-order valence-corrected chi connectivity index (χ3v) is 3.00. The fourth-order valence-electron chi connectivity index (χ4n) is 1.90. The van der Waals surface area contributed by atoms with Crippen LogP contribution in [0.4, 0.5) is 5.69 Å². The molecule has 2 aromatic rings. The van der Waals surface area contributed by atoms with Crippen LogP contribution in [-0.2, 0) is 14.3 Å². The molecule has 0 spiro atoms. The second-order valence-corrected chi connectivity index (χ2v) is 4.88. The van der Waals surface area contributed by atoms with Crippen molar-refractivity contribution in [3.05, 3.63) is 46.8 Å². The number of aromatic amines is 1. The highest BCUT2D eigenvalue weighted by atomic mass is 16.5. The number of H-pyrrole nitrogens is 1. The van der Waals surface area contributed by atoms with Crippen molar-refractivity contribution in [3.63, 3.8) is 0 Å². The Morgan fingerprint density at radius 2 is 1.91 bits per heavy atom. The molecular weight excluding hydrogens is 298 g/mol. The lowest BCUT2D eigenvalue weighted by atomic mass is 10.1. The average Bonchev–Trinajstić information content (AvgIpc) is 2.53. The molecule has 1 aromatic carbocycles. The molecule has 2 rings (SSSR count). The van der Waals surface area contributed by atoms with E-state index in [0.29, 0.717) is 17.8 Å². The summed E-state index contributed by atoms with van der Waals surface area (Å²) < 4.78 is 4.76. The Bertz CT molecular complexity index is 717. The average molecular weight is 315 g/mol. The molecule has 2 N–H and O–H groups in total. The third kappa shape index (κ3) is 5.39. The summed E-state index contributed by atoms with van der Waals surface area (Å²) in [4.78, 5) is 33.3. The van der Waals surface area contributed by atoms with Gasteiger partial charge in [0.2, 0.25) is 5.91 Å². The topological polar surface area (TPSA) is 101 Å². The molecule has 0 saturated carbocycles. The summed E-state index contributed by atoms with van der Waals surface area (Å²) in [6, 6.07) is 10.1.